The molecule has 0 bridgehead atoms. The summed E-state index contributed by atoms with van der Waals surface area (Å²) in [5, 5.41) is 0. The minimum Gasteiger partial charge on any atom is -0.208 e. The Morgan fingerprint density at radius 3 is 1.80 bits per heavy atom. The van der Waals surface area contributed by atoms with Crippen molar-refractivity contribution in [3.05, 3.63) is 0 Å². The van der Waals surface area contributed by atoms with Gasteiger partial charge in [0.2, 0.25) is 10.9 Å². The van der Waals surface area contributed by atoms with E-state index < -0.39 is 10.9 Å². The summed E-state index contributed by atoms with van der Waals surface area (Å²) in [5.74, 6) is 0. The number of hydrogen-bond donors (Lipinski definition) is 1. The highest BCUT2D eigenvalue weighted by Gasteiger charge is 1.54. The number of hydrogen-bond acceptors (Lipinski definition) is 2. The highest BCUT2D eigenvalue weighted by molar-refractivity contribution is 7.71. The van der Waals surface area contributed by atoms with Crippen LogP contribution in [0.2, 0.25) is 0 Å². The molecular formula is CH2NO2S. The van der Waals surface area contributed by atoms with E-state index in [2.05, 4.69) is 11.1 Å². The SMILES string of the molecule is [CH]=N[SH](=O)=O. The van der Waals surface area contributed by atoms with Crippen LogP contribution in [-0.4, -0.2) is 15.1 Å². The Balaban J connectivity index is 3.69. The van der Waals surface area contributed by atoms with Crippen molar-refractivity contribution in [2.24, 2.45) is 4.40 Å². The summed E-state index contributed by atoms with van der Waals surface area (Å²) >= 11 is 0. The molecule has 29 valence electrons. The van der Waals surface area contributed by atoms with Gasteiger partial charge in [0.1, 0.15) is 0 Å². The molecule has 0 amide bonds. The quantitative estimate of drug-likeness (QED) is 0.336. The van der Waals surface area contributed by atoms with Crippen LogP contribution in [0.4, 0.5) is 0 Å². The standard InChI is InChI=1S/CH2NO2S/c1-2-5(3)4/h1,5H. The van der Waals surface area contributed by atoms with Gasteiger partial charge in [0.05, 0.1) is 6.72 Å². The second kappa shape index (κ2) is 1.90. The predicted octanol–water partition coefficient (Wildman–Crippen LogP) is -0.910. The molecule has 0 heterocycles. The van der Waals surface area contributed by atoms with E-state index in [1.165, 1.54) is 0 Å². The van der Waals surface area contributed by atoms with Gasteiger partial charge in [-0.25, -0.2) is 8.42 Å². The topological polar surface area (TPSA) is 46.5 Å². The molecule has 0 fully saturated rings. The van der Waals surface area contributed by atoms with Crippen LogP contribution in [0.3, 0.4) is 0 Å². The Morgan fingerprint density at radius 1 is 1.60 bits per heavy atom. The van der Waals surface area contributed by atoms with E-state index in [-0.39, 0.29) is 0 Å². The van der Waals surface area contributed by atoms with Gasteiger partial charge in [-0.1, -0.05) is 0 Å². The predicted molar refractivity (Wildman–Crippen MR) is 18.8 cm³/mol. The van der Waals surface area contributed by atoms with Crippen molar-refractivity contribution in [3.8, 4) is 0 Å². The largest absolute Gasteiger partial charge is 0.243 e. The molecule has 0 aliphatic heterocycles. The first kappa shape index (κ1) is 4.62. The molecule has 0 rings (SSSR count). The van der Waals surface area contributed by atoms with E-state index >= 15 is 0 Å². The Labute approximate surface area is 31.4 Å². The highest BCUT2D eigenvalue weighted by Crippen LogP contribution is 1.51. The van der Waals surface area contributed by atoms with Crippen LogP contribution in [0, 0.1) is 0 Å². The fraction of sp³-hybridized carbons (Fsp3) is 0. The van der Waals surface area contributed by atoms with Crippen molar-refractivity contribution in [2.75, 3.05) is 0 Å². The van der Waals surface area contributed by atoms with Crippen LogP contribution in [0.25, 0.3) is 0 Å². The lowest BCUT2D eigenvalue weighted by Gasteiger charge is -1.51. The van der Waals surface area contributed by atoms with Gasteiger partial charge in [0.25, 0.3) is 0 Å². The molecule has 3 nitrogen and oxygen atoms in total. The van der Waals surface area contributed by atoms with Gasteiger partial charge >= 0.3 is 0 Å². The monoisotopic (exact) mass is 92.0 g/mol. The van der Waals surface area contributed by atoms with Gasteiger partial charge in [-0.2, -0.15) is 4.40 Å². The lowest BCUT2D eigenvalue weighted by atomic mass is 11.8. The lowest BCUT2D eigenvalue weighted by Crippen LogP contribution is -1.56. The molecule has 0 saturated heterocycles. The first-order chi connectivity index (χ1) is 2.27. The summed E-state index contributed by atoms with van der Waals surface area (Å²) in [5.41, 5.74) is 0. The van der Waals surface area contributed by atoms with Gasteiger partial charge in [0.15, 0.2) is 0 Å². The first-order valence-electron chi connectivity index (χ1n) is 0.823. The van der Waals surface area contributed by atoms with E-state index in [1.807, 2.05) is 0 Å². The van der Waals surface area contributed by atoms with Crippen LogP contribution in [0.1, 0.15) is 0 Å². The third kappa shape index (κ3) is 3.62. The maximum absolute atomic E-state index is 9.11. The fourth-order valence-corrected chi connectivity index (χ4v) is 0. The maximum atomic E-state index is 9.11. The van der Waals surface area contributed by atoms with E-state index in [0.717, 1.165) is 0 Å². The van der Waals surface area contributed by atoms with Crippen molar-refractivity contribution in [2.45, 2.75) is 0 Å². The number of thiol groups is 1. The van der Waals surface area contributed by atoms with E-state index in [0.29, 0.717) is 0 Å². The summed E-state index contributed by atoms with van der Waals surface area (Å²) in [4.78, 5) is 0. The summed E-state index contributed by atoms with van der Waals surface area (Å²) in [6.07, 6.45) is 0. The lowest BCUT2D eigenvalue weighted by molar-refractivity contribution is 0.616. The molecule has 0 aromatic heterocycles. The molecule has 0 aromatic rings. The molecule has 0 aliphatic rings. The zero-order valence-electron chi connectivity index (χ0n) is 2.29. The van der Waals surface area contributed by atoms with Crippen molar-refractivity contribution in [3.63, 3.8) is 0 Å². The normalized spacial score (nSPS) is 8.20. The third-order valence-electron chi connectivity index (χ3n) is 0.0943. The molecule has 0 spiro atoms. The molecule has 4 heteroatoms. The Hall–Kier alpha value is -0.380. The van der Waals surface area contributed by atoms with Gasteiger partial charge in [-0.15, -0.1) is 0 Å². The van der Waals surface area contributed by atoms with Gasteiger partial charge in [0, 0.05) is 0 Å². The zero-order chi connectivity index (χ0) is 4.28. The summed E-state index contributed by atoms with van der Waals surface area (Å²) in [6, 6.07) is 0. The maximum Gasteiger partial charge on any atom is 0.243 e. The number of nitrogens with zero attached hydrogens (tertiary/aromatic N) is 1. The zero-order valence-corrected chi connectivity index (χ0v) is 3.18. The third-order valence-corrected chi connectivity index (χ3v) is 0.283. The molecular weight excluding hydrogens is 90.1 g/mol. The van der Waals surface area contributed by atoms with Crippen LogP contribution in [0.5, 0.6) is 0 Å². The minimum atomic E-state index is -2.70. The summed E-state index contributed by atoms with van der Waals surface area (Å²) < 4.78 is 20.6. The Kier molecular flexibility index (Phi) is 1.75. The van der Waals surface area contributed by atoms with Gasteiger partial charge in [-0.05, 0) is 0 Å². The summed E-state index contributed by atoms with van der Waals surface area (Å²) in [7, 11) is -2.70. The van der Waals surface area contributed by atoms with Crippen molar-refractivity contribution in [1.29, 1.82) is 0 Å². The minimum absolute atomic E-state index is 2.34. The van der Waals surface area contributed by atoms with E-state index in [1.54, 1.807) is 0 Å². The van der Waals surface area contributed by atoms with Crippen molar-refractivity contribution >= 4 is 17.6 Å². The Bertz CT molecular complexity index is 85.8. The first-order valence-corrected chi connectivity index (χ1v) is 1.95. The molecule has 0 aromatic carbocycles. The molecule has 0 aliphatic carbocycles. The molecule has 0 unspecified atom stereocenters. The van der Waals surface area contributed by atoms with Crippen LogP contribution in [0.15, 0.2) is 4.40 Å². The highest BCUT2D eigenvalue weighted by atomic mass is 32.2. The van der Waals surface area contributed by atoms with Crippen LogP contribution >= 0.6 is 0 Å². The van der Waals surface area contributed by atoms with Gasteiger partial charge in [-0.3, -0.25) is 0 Å². The average molecular weight is 92.1 g/mol. The van der Waals surface area contributed by atoms with Crippen LogP contribution < -0.4 is 0 Å². The molecule has 0 N–H and O–H groups in total. The Morgan fingerprint density at radius 2 is 1.80 bits per heavy atom. The molecule has 5 heavy (non-hydrogen) atoms. The number of rotatable bonds is 1. The van der Waals surface area contributed by atoms with Crippen molar-refractivity contribution in [1.82, 2.24) is 0 Å². The van der Waals surface area contributed by atoms with Crippen molar-refractivity contribution < 1.29 is 8.42 Å². The molecule has 1 radical (unpaired) electrons. The molecule has 0 saturated carbocycles. The van der Waals surface area contributed by atoms with E-state index in [9.17, 15) is 0 Å². The fourth-order valence-electron chi connectivity index (χ4n) is 0. The second-order valence-corrected chi connectivity index (χ2v) is 1.06. The summed E-state index contributed by atoms with van der Waals surface area (Å²) in [6.45, 7) is 4.20. The van der Waals surface area contributed by atoms with Gasteiger partial charge < -0.3 is 0 Å². The van der Waals surface area contributed by atoms with E-state index in [4.69, 9.17) is 8.42 Å². The smallest absolute Gasteiger partial charge is 0.208 e. The average Bonchev–Trinajstić information content (AvgIpc) is 1.38. The van der Waals surface area contributed by atoms with Crippen LogP contribution in [-0.2, 0) is 10.9 Å². The molecule has 0 atom stereocenters. The second-order valence-electron chi connectivity index (χ2n) is 0.353.